The molecule has 0 N–H and O–H groups in total. The molecule has 1 nitrogen and oxygen atoms in total. The second-order valence-electron chi connectivity index (χ2n) is 7.02. The first-order chi connectivity index (χ1) is 10.6. The Labute approximate surface area is 141 Å². The van der Waals surface area contributed by atoms with E-state index in [1.165, 1.54) is 41.3 Å². The Balaban J connectivity index is 1.86. The molecule has 1 aromatic heterocycles. The quantitative estimate of drug-likeness (QED) is 0.698. The lowest BCUT2D eigenvalue weighted by molar-refractivity contribution is 0.299. The standard InChI is InChI=1S/C19H22ClNS/c1-21(2)10-16-12-3-5-13(6-4-12)19(16)14-7-8-18-15(9-14)17(20)11-22-18/h7-9,11-13H,3-6,10H2,1-2H3. The predicted octanol–water partition coefficient (Wildman–Crippen LogP) is 5.69. The van der Waals surface area contributed by atoms with Gasteiger partial charge in [-0.2, -0.15) is 0 Å². The van der Waals surface area contributed by atoms with Crippen LogP contribution in [0.15, 0.2) is 29.2 Å². The van der Waals surface area contributed by atoms with Crippen LogP contribution in [-0.4, -0.2) is 25.5 Å². The van der Waals surface area contributed by atoms with Crippen LogP contribution in [-0.2, 0) is 0 Å². The van der Waals surface area contributed by atoms with E-state index in [9.17, 15) is 0 Å². The van der Waals surface area contributed by atoms with Gasteiger partial charge in [0.1, 0.15) is 0 Å². The molecule has 0 spiro atoms. The highest BCUT2D eigenvalue weighted by molar-refractivity contribution is 7.17. The first-order valence-corrected chi connectivity index (χ1v) is 9.44. The van der Waals surface area contributed by atoms with Crippen molar-refractivity contribution in [3.63, 3.8) is 0 Å². The molecule has 5 rings (SSSR count). The molecule has 1 fully saturated rings. The van der Waals surface area contributed by atoms with Crippen LogP contribution < -0.4 is 0 Å². The molecule has 22 heavy (non-hydrogen) atoms. The maximum Gasteiger partial charge on any atom is 0.0591 e. The average Bonchev–Trinajstić information content (AvgIpc) is 2.89. The van der Waals surface area contributed by atoms with Gasteiger partial charge in [0.2, 0.25) is 0 Å². The van der Waals surface area contributed by atoms with Gasteiger partial charge in [-0.3, -0.25) is 0 Å². The third kappa shape index (κ3) is 2.42. The number of rotatable bonds is 3. The van der Waals surface area contributed by atoms with Crippen LogP contribution in [0.2, 0.25) is 5.02 Å². The van der Waals surface area contributed by atoms with Gasteiger partial charge < -0.3 is 4.90 Å². The molecule has 0 atom stereocenters. The zero-order valence-corrected chi connectivity index (χ0v) is 14.8. The number of halogens is 1. The molecule has 0 radical (unpaired) electrons. The lowest BCUT2D eigenvalue weighted by Gasteiger charge is -2.41. The molecule has 0 saturated heterocycles. The average molecular weight is 332 g/mol. The SMILES string of the molecule is CN(C)CC1=C(c2ccc3scc(Cl)c3c2)C2CCC1CC2. The summed E-state index contributed by atoms with van der Waals surface area (Å²) in [6.07, 6.45) is 5.51. The lowest BCUT2D eigenvalue weighted by atomic mass is 9.65. The number of allylic oxidation sites excluding steroid dienone is 1. The Morgan fingerprint density at radius 1 is 1.14 bits per heavy atom. The number of hydrogen-bond acceptors (Lipinski definition) is 2. The number of fused-ring (bicyclic) bond motifs is 3. The van der Waals surface area contributed by atoms with Crippen molar-refractivity contribution in [1.82, 2.24) is 4.90 Å². The number of benzene rings is 1. The molecule has 2 aromatic rings. The van der Waals surface area contributed by atoms with E-state index in [4.69, 9.17) is 11.6 Å². The van der Waals surface area contributed by atoms with Crippen LogP contribution in [0.3, 0.4) is 0 Å². The molecule has 0 aliphatic heterocycles. The Bertz CT molecular complexity index is 735. The first kappa shape index (κ1) is 14.7. The second-order valence-corrected chi connectivity index (χ2v) is 8.34. The third-order valence-electron chi connectivity index (χ3n) is 5.30. The highest BCUT2D eigenvalue weighted by atomic mass is 35.5. The van der Waals surface area contributed by atoms with Crippen LogP contribution in [0, 0.1) is 11.8 Å². The third-order valence-corrected chi connectivity index (χ3v) is 6.70. The summed E-state index contributed by atoms with van der Waals surface area (Å²) in [7, 11) is 4.37. The fraction of sp³-hybridized carbons (Fsp3) is 0.474. The lowest BCUT2D eigenvalue weighted by Crippen LogP contribution is -2.31. The monoisotopic (exact) mass is 331 g/mol. The van der Waals surface area contributed by atoms with Crippen LogP contribution >= 0.6 is 22.9 Å². The Kier molecular flexibility index (Phi) is 3.80. The maximum absolute atomic E-state index is 6.37. The molecular weight excluding hydrogens is 310 g/mol. The van der Waals surface area contributed by atoms with E-state index in [2.05, 4.69) is 42.6 Å². The molecular formula is C19H22ClNS. The normalized spacial score (nSPS) is 24.7. The van der Waals surface area contributed by atoms with Crippen molar-refractivity contribution >= 4 is 38.6 Å². The van der Waals surface area contributed by atoms with E-state index >= 15 is 0 Å². The zero-order valence-electron chi connectivity index (χ0n) is 13.2. The van der Waals surface area contributed by atoms with Crippen molar-refractivity contribution in [3.05, 3.63) is 39.7 Å². The van der Waals surface area contributed by atoms with Crippen LogP contribution in [0.25, 0.3) is 15.7 Å². The van der Waals surface area contributed by atoms with Crippen LogP contribution in [0.4, 0.5) is 0 Å². The van der Waals surface area contributed by atoms with Gasteiger partial charge in [-0.15, -0.1) is 11.3 Å². The largest absolute Gasteiger partial charge is 0.305 e. The number of likely N-dealkylation sites (N-methyl/N-ethyl adjacent to an activating group) is 1. The van der Waals surface area contributed by atoms with E-state index in [-0.39, 0.29) is 0 Å². The van der Waals surface area contributed by atoms with E-state index < -0.39 is 0 Å². The van der Waals surface area contributed by atoms with Crippen molar-refractivity contribution in [2.75, 3.05) is 20.6 Å². The van der Waals surface area contributed by atoms with Crippen molar-refractivity contribution in [2.24, 2.45) is 11.8 Å². The van der Waals surface area contributed by atoms with Gasteiger partial charge in [0, 0.05) is 22.0 Å². The van der Waals surface area contributed by atoms with Crippen LogP contribution in [0.5, 0.6) is 0 Å². The van der Waals surface area contributed by atoms with Gasteiger partial charge in [-0.25, -0.2) is 0 Å². The molecule has 1 saturated carbocycles. The number of nitrogens with zero attached hydrogens (tertiary/aromatic N) is 1. The van der Waals surface area contributed by atoms with Crippen molar-refractivity contribution in [3.8, 4) is 0 Å². The summed E-state index contributed by atoms with van der Waals surface area (Å²) in [6.45, 7) is 1.10. The van der Waals surface area contributed by atoms with Gasteiger partial charge in [-0.1, -0.05) is 17.7 Å². The summed E-state index contributed by atoms with van der Waals surface area (Å²) >= 11 is 8.11. The van der Waals surface area contributed by atoms with Gasteiger partial charge in [-0.05, 0) is 80.5 Å². The van der Waals surface area contributed by atoms with Crippen molar-refractivity contribution < 1.29 is 0 Å². The zero-order chi connectivity index (χ0) is 15.3. The minimum atomic E-state index is 0.759. The summed E-state index contributed by atoms with van der Waals surface area (Å²) in [4.78, 5) is 2.33. The first-order valence-electron chi connectivity index (χ1n) is 8.18. The van der Waals surface area contributed by atoms with E-state index in [1.807, 2.05) is 0 Å². The van der Waals surface area contributed by atoms with E-state index in [0.717, 1.165) is 23.4 Å². The highest BCUT2D eigenvalue weighted by Gasteiger charge is 2.35. The number of hydrogen-bond donors (Lipinski definition) is 0. The van der Waals surface area contributed by atoms with Crippen molar-refractivity contribution in [1.29, 1.82) is 0 Å². The summed E-state index contributed by atoms with van der Waals surface area (Å²) < 4.78 is 1.30. The minimum absolute atomic E-state index is 0.759. The van der Waals surface area contributed by atoms with Crippen LogP contribution in [0.1, 0.15) is 31.2 Å². The molecule has 3 aliphatic rings. The van der Waals surface area contributed by atoms with Crippen molar-refractivity contribution in [2.45, 2.75) is 25.7 Å². The molecule has 2 bridgehead atoms. The Hall–Kier alpha value is -0.830. The van der Waals surface area contributed by atoms with Gasteiger partial charge in [0.05, 0.1) is 5.02 Å². The highest BCUT2D eigenvalue weighted by Crippen LogP contribution is 2.50. The summed E-state index contributed by atoms with van der Waals surface area (Å²) in [5, 5.41) is 4.18. The van der Waals surface area contributed by atoms with E-state index in [1.54, 1.807) is 22.5 Å². The van der Waals surface area contributed by atoms with Gasteiger partial charge in [0.25, 0.3) is 0 Å². The molecule has 0 amide bonds. The Morgan fingerprint density at radius 3 is 2.59 bits per heavy atom. The summed E-state index contributed by atoms with van der Waals surface area (Å²) in [6, 6.07) is 6.91. The molecule has 116 valence electrons. The Morgan fingerprint density at radius 2 is 1.86 bits per heavy atom. The summed E-state index contributed by atoms with van der Waals surface area (Å²) in [5.41, 5.74) is 4.75. The second kappa shape index (κ2) is 5.67. The molecule has 1 aromatic carbocycles. The smallest absolute Gasteiger partial charge is 0.0591 e. The van der Waals surface area contributed by atoms with Gasteiger partial charge >= 0.3 is 0 Å². The minimum Gasteiger partial charge on any atom is -0.305 e. The summed E-state index contributed by atoms with van der Waals surface area (Å²) in [5.74, 6) is 1.56. The fourth-order valence-corrected chi connectivity index (χ4v) is 5.50. The van der Waals surface area contributed by atoms with Gasteiger partial charge in [0.15, 0.2) is 0 Å². The molecule has 3 aliphatic carbocycles. The van der Waals surface area contributed by atoms with E-state index in [0.29, 0.717) is 0 Å². The molecule has 1 heterocycles. The topological polar surface area (TPSA) is 3.24 Å². The predicted molar refractivity (Wildman–Crippen MR) is 97.8 cm³/mol. The maximum atomic E-state index is 6.37. The molecule has 3 heteroatoms. The fourth-order valence-electron chi connectivity index (χ4n) is 4.35. The number of thiophene rings is 1. The molecule has 0 unspecified atom stereocenters.